The fourth-order valence-corrected chi connectivity index (χ4v) is 7.24. The van der Waals surface area contributed by atoms with Crippen LogP contribution >= 0.6 is 0 Å². The maximum Gasteiger partial charge on any atom is -0.00443 e. The van der Waals surface area contributed by atoms with Gasteiger partial charge in [0, 0.05) is 0 Å². The minimum atomic E-state index is 0.494. The summed E-state index contributed by atoms with van der Waals surface area (Å²) in [6.45, 7) is 10.0. The molecule has 0 N–H and O–H groups in total. The topological polar surface area (TPSA) is 0 Å². The van der Waals surface area contributed by atoms with Gasteiger partial charge in [-0.05, 0) is 91.9 Å². The van der Waals surface area contributed by atoms with E-state index >= 15 is 0 Å². The van der Waals surface area contributed by atoms with Crippen molar-refractivity contribution in [2.45, 2.75) is 79.1 Å². The van der Waals surface area contributed by atoms with Gasteiger partial charge >= 0.3 is 0 Å². The van der Waals surface area contributed by atoms with Crippen molar-refractivity contribution in [3.8, 4) is 0 Å². The third-order valence-electron chi connectivity index (χ3n) is 8.65. The van der Waals surface area contributed by atoms with E-state index < -0.39 is 0 Å². The molecule has 0 heteroatoms. The van der Waals surface area contributed by atoms with Crippen molar-refractivity contribution in [2.24, 2.45) is 34.5 Å². The van der Waals surface area contributed by atoms with E-state index in [0.29, 0.717) is 10.8 Å². The molecule has 0 aromatic heterocycles. The largest absolute Gasteiger partial charge is 0.0805 e. The van der Waals surface area contributed by atoms with Crippen LogP contribution in [0.3, 0.4) is 0 Å². The minimum absolute atomic E-state index is 0.494. The second kappa shape index (κ2) is 4.99. The summed E-state index contributed by atoms with van der Waals surface area (Å²) in [5.41, 5.74) is 4.47. The van der Waals surface area contributed by atoms with Crippen LogP contribution in [0.15, 0.2) is 23.3 Å². The van der Waals surface area contributed by atoms with Gasteiger partial charge in [0.1, 0.15) is 0 Å². The Balaban J connectivity index is 1.69. The summed E-state index contributed by atoms with van der Waals surface area (Å²) < 4.78 is 0. The molecular weight excluding hydrogens is 264 g/mol. The molecule has 122 valence electrons. The highest BCUT2D eigenvalue weighted by Crippen LogP contribution is 2.66. The molecule has 4 aliphatic carbocycles. The van der Waals surface area contributed by atoms with Crippen molar-refractivity contribution >= 4 is 0 Å². The summed E-state index contributed by atoms with van der Waals surface area (Å²) in [6.07, 6.45) is 16.7. The van der Waals surface area contributed by atoms with Gasteiger partial charge < -0.3 is 0 Å². The quantitative estimate of drug-likeness (QED) is 0.516. The molecule has 22 heavy (non-hydrogen) atoms. The van der Waals surface area contributed by atoms with Crippen molar-refractivity contribution in [1.82, 2.24) is 0 Å². The molecule has 2 saturated carbocycles. The van der Waals surface area contributed by atoms with E-state index in [0.717, 1.165) is 23.7 Å². The summed E-state index contributed by atoms with van der Waals surface area (Å²) in [5, 5.41) is 0. The van der Waals surface area contributed by atoms with Crippen LogP contribution in [0.25, 0.3) is 0 Å². The predicted octanol–water partition coefficient (Wildman–Crippen LogP) is 6.53. The number of hydrogen-bond donors (Lipinski definition) is 0. The lowest BCUT2D eigenvalue weighted by Gasteiger charge is -2.57. The Labute approximate surface area is 137 Å². The molecule has 2 fully saturated rings. The number of hydrogen-bond acceptors (Lipinski definition) is 0. The van der Waals surface area contributed by atoms with Crippen LogP contribution in [0.2, 0.25) is 0 Å². The maximum atomic E-state index is 2.65. The zero-order chi connectivity index (χ0) is 15.5. The summed E-state index contributed by atoms with van der Waals surface area (Å²) in [4.78, 5) is 0. The Bertz CT molecular complexity index is 524. The van der Waals surface area contributed by atoms with Crippen molar-refractivity contribution in [3.63, 3.8) is 0 Å². The summed E-state index contributed by atoms with van der Waals surface area (Å²) in [7, 11) is 0. The Hall–Kier alpha value is -0.520. The highest BCUT2D eigenvalue weighted by Gasteiger charge is 2.57. The Morgan fingerprint density at radius 1 is 1.09 bits per heavy atom. The second-order valence-corrected chi connectivity index (χ2v) is 9.41. The number of rotatable bonds is 1. The van der Waals surface area contributed by atoms with Crippen LogP contribution in [0.5, 0.6) is 0 Å². The molecule has 6 unspecified atom stereocenters. The summed E-state index contributed by atoms with van der Waals surface area (Å²) in [5.74, 6) is 3.96. The monoisotopic (exact) mass is 298 g/mol. The molecule has 0 nitrogen and oxygen atoms in total. The van der Waals surface area contributed by atoms with E-state index in [1.807, 2.05) is 0 Å². The second-order valence-electron chi connectivity index (χ2n) is 9.41. The average Bonchev–Trinajstić information content (AvgIpc) is 2.84. The lowest BCUT2D eigenvalue weighted by atomic mass is 9.48. The third-order valence-corrected chi connectivity index (χ3v) is 8.65. The van der Waals surface area contributed by atoms with E-state index in [1.54, 1.807) is 11.1 Å². The summed E-state index contributed by atoms with van der Waals surface area (Å²) in [6, 6.07) is 0. The molecule has 4 rings (SSSR count). The molecule has 6 atom stereocenters. The van der Waals surface area contributed by atoms with Gasteiger partial charge in [-0.1, -0.05) is 44.9 Å². The zero-order valence-corrected chi connectivity index (χ0v) is 15.1. The first-order valence-electron chi connectivity index (χ1n) is 9.87. The van der Waals surface area contributed by atoms with Crippen LogP contribution in [0, 0.1) is 34.5 Å². The smallest absolute Gasteiger partial charge is 0.00443 e. The number of fused-ring (bicyclic) bond motifs is 5. The fraction of sp³-hybridized carbons (Fsp3) is 0.818. The minimum Gasteiger partial charge on any atom is -0.0805 e. The van der Waals surface area contributed by atoms with Crippen molar-refractivity contribution in [1.29, 1.82) is 0 Å². The molecule has 0 aromatic rings. The SMILES string of the molecule is CCC1CCC2C3CC=C4C=C(C)CCC4(C)C3CCC12C. The van der Waals surface area contributed by atoms with Gasteiger partial charge in [0.2, 0.25) is 0 Å². The fourth-order valence-electron chi connectivity index (χ4n) is 7.24. The molecule has 0 saturated heterocycles. The van der Waals surface area contributed by atoms with Crippen LogP contribution in [0.4, 0.5) is 0 Å². The highest BCUT2D eigenvalue weighted by atomic mass is 14.6. The lowest BCUT2D eigenvalue weighted by molar-refractivity contribution is -0.0362. The standard InChI is InChI=1S/C22H34/c1-5-16-7-9-19-18-8-6-17-14-15(2)10-12-22(17,4)20(18)11-13-21(16,19)3/h6,14,16,18-20H,5,7-13H2,1-4H3. The highest BCUT2D eigenvalue weighted by molar-refractivity contribution is 5.36. The Morgan fingerprint density at radius 2 is 1.91 bits per heavy atom. The molecule has 0 radical (unpaired) electrons. The van der Waals surface area contributed by atoms with E-state index in [9.17, 15) is 0 Å². The maximum absolute atomic E-state index is 2.65. The van der Waals surface area contributed by atoms with Crippen LogP contribution in [0.1, 0.15) is 79.1 Å². The molecule has 0 aromatic carbocycles. The van der Waals surface area contributed by atoms with Gasteiger partial charge in [-0.15, -0.1) is 0 Å². The van der Waals surface area contributed by atoms with Crippen molar-refractivity contribution < 1.29 is 0 Å². The Morgan fingerprint density at radius 3 is 2.68 bits per heavy atom. The molecule has 0 bridgehead atoms. The molecule has 4 aliphatic rings. The molecule has 0 aliphatic heterocycles. The van der Waals surface area contributed by atoms with Crippen LogP contribution in [-0.2, 0) is 0 Å². The van der Waals surface area contributed by atoms with Gasteiger partial charge in [-0.2, -0.15) is 0 Å². The van der Waals surface area contributed by atoms with Gasteiger partial charge in [0.15, 0.2) is 0 Å². The first-order valence-corrected chi connectivity index (χ1v) is 9.87. The van der Waals surface area contributed by atoms with Crippen LogP contribution in [-0.4, -0.2) is 0 Å². The molecule has 0 spiro atoms. The van der Waals surface area contributed by atoms with E-state index in [2.05, 4.69) is 39.8 Å². The first-order chi connectivity index (χ1) is 10.5. The first kappa shape index (κ1) is 15.0. The van der Waals surface area contributed by atoms with Crippen LogP contribution < -0.4 is 0 Å². The third kappa shape index (κ3) is 1.88. The van der Waals surface area contributed by atoms with E-state index in [4.69, 9.17) is 0 Å². The zero-order valence-electron chi connectivity index (χ0n) is 15.1. The molecular formula is C22H34. The van der Waals surface area contributed by atoms with E-state index in [1.165, 1.54) is 51.4 Å². The normalized spacial score (nSPS) is 50.5. The van der Waals surface area contributed by atoms with E-state index in [-0.39, 0.29) is 0 Å². The van der Waals surface area contributed by atoms with Gasteiger partial charge in [-0.25, -0.2) is 0 Å². The molecule has 0 heterocycles. The number of allylic oxidation sites excluding steroid dienone is 4. The predicted molar refractivity (Wildman–Crippen MR) is 94.6 cm³/mol. The Kier molecular flexibility index (Phi) is 3.41. The van der Waals surface area contributed by atoms with Gasteiger partial charge in [-0.3, -0.25) is 0 Å². The van der Waals surface area contributed by atoms with Gasteiger partial charge in [0.05, 0.1) is 0 Å². The van der Waals surface area contributed by atoms with Crippen molar-refractivity contribution in [3.05, 3.63) is 23.3 Å². The van der Waals surface area contributed by atoms with Gasteiger partial charge in [0.25, 0.3) is 0 Å². The summed E-state index contributed by atoms with van der Waals surface area (Å²) >= 11 is 0. The lowest BCUT2D eigenvalue weighted by Crippen LogP contribution is -2.49. The average molecular weight is 299 g/mol. The van der Waals surface area contributed by atoms with Crippen molar-refractivity contribution in [2.75, 3.05) is 0 Å². The molecule has 0 amide bonds.